The zero-order chi connectivity index (χ0) is 18.4. The van der Waals surface area contributed by atoms with Crippen LogP contribution in [0.5, 0.6) is 5.75 Å². The van der Waals surface area contributed by atoms with Gasteiger partial charge in [-0.25, -0.2) is 0 Å². The van der Waals surface area contributed by atoms with Gasteiger partial charge < -0.3 is 20.5 Å². The van der Waals surface area contributed by atoms with Gasteiger partial charge in [0.05, 0.1) is 12.5 Å². The SMILES string of the molecule is Cl.O=C(Cc1cccc(OCc2cccc(Cl)c2)c1)NCC1CNCC1O. The van der Waals surface area contributed by atoms with Crippen molar-refractivity contribution in [1.29, 1.82) is 0 Å². The van der Waals surface area contributed by atoms with Gasteiger partial charge in [0.15, 0.2) is 0 Å². The fourth-order valence-electron chi connectivity index (χ4n) is 2.96. The standard InChI is InChI=1S/C20H23ClN2O3.ClH/c21-17-5-1-4-15(7-17)13-26-18-6-2-3-14(8-18)9-20(25)23-11-16-10-22-12-19(16)24;/h1-8,16,19,22,24H,9-13H2,(H,23,25);1H. The van der Waals surface area contributed by atoms with Gasteiger partial charge in [-0.15, -0.1) is 12.4 Å². The van der Waals surface area contributed by atoms with Gasteiger partial charge in [-0.3, -0.25) is 4.79 Å². The highest BCUT2D eigenvalue weighted by Gasteiger charge is 2.24. The number of hydrogen-bond acceptors (Lipinski definition) is 4. The Morgan fingerprint density at radius 1 is 1.19 bits per heavy atom. The predicted octanol–water partition coefficient (Wildman–Crippen LogP) is 2.58. The fraction of sp³-hybridized carbons (Fsp3) is 0.350. The van der Waals surface area contributed by atoms with Crippen LogP contribution in [0.2, 0.25) is 5.02 Å². The van der Waals surface area contributed by atoms with Gasteiger partial charge in [0.25, 0.3) is 0 Å². The molecule has 2 unspecified atom stereocenters. The first-order valence-electron chi connectivity index (χ1n) is 8.72. The Hall–Kier alpha value is -1.79. The number of hydrogen-bond donors (Lipinski definition) is 3. The maximum atomic E-state index is 12.1. The second-order valence-corrected chi connectivity index (χ2v) is 6.97. The van der Waals surface area contributed by atoms with Crippen molar-refractivity contribution in [3.8, 4) is 5.75 Å². The zero-order valence-corrected chi connectivity index (χ0v) is 16.4. The van der Waals surface area contributed by atoms with Crippen LogP contribution in [0.25, 0.3) is 0 Å². The Morgan fingerprint density at radius 3 is 2.70 bits per heavy atom. The van der Waals surface area contributed by atoms with E-state index in [0.29, 0.717) is 30.5 Å². The summed E-state index contributed by atoms with van der Waals surface area (Å²) in [5, 5.41) is 16.4. The number of halogens is 2. The number of rotatable bonds is 7. The molecule has 3 N–H and O–H groups in total. The van der Waals surface area contributed by atoms with Crippen molar-refractivity contribution in [3.05, 3.63) is 64.7 Å². The van der Waals surface area contributed by atoms with E-state index in [0.717, 1.165) is 17.7 Å². The number of amides is 1. The summed E-state index contributed by atoms with van der Waals surface area (Å²) in [5.74, 6) is 0.730. The average Bonchev–Trinajstić information content (AvgIpc) is 3.04. The third kappa shape index (κ3) is 6.70. The monoisotopic (exact) mass is 410 g/mol. The molecule has 0 bridgehead atoms. The number of ether oxygens (including phenoxy) is 1. The van der Waals surface area contributed by atoms with E-state index in [1.54, 1.807) is 0 Å². The minimum Gasteiger partial charge on any atom is -0.489 e. The third-order valence-electron chi connectivity index (χ3n) is 4.42. The molecule has 1 fully saturated rings. The number of aliphatic hydroxyl groups excluding tert-OH is 1. The Morgan fingerprint density at radius 2 is 1.96 bits per heavy atom. The van der Waals surface area contributed by atoms with Gasteiger partial charge in [0, 0.05) is 30.6 Å². The molecule has 1 heterocycles. The minimum atomic E-state index is -0.390. The highest BCUT2D eigenvalue weighted by molar-refractivity contribution is 6.30. The Labute approximate surface area is 170 Å². The lowest BCUT2D eigenvalue weighted by atomic mass is 10.1. The quantitative estimate of drug-likeness (QED) is 0.655. The molecule has 2 aromatic rings. The van der Waals surface area contributed by atoms with Gasteiger partial charge >= 0.3 is 0 Å². The van der Waals surface area contributed by atoms with Crippen molar-refractivity contribution in [2.24, 2.45) is 5.92 Å². The summed E-state index contributed by atoms with van der Waals surface area (Å²) in [6, 6.07) is 15.0. The number of β-amino-alcohol motifs (C(OH)–C–C–N with tert-alkyl or cyclic N) is 1. The van der Waals surface area contributed by atoms with E-state index in [1.807, 2.05) is 48.5 Å². The van der Waals surface area contributed by atoms with Crippen LogP contribution in [0.15, 0.2) is 48.5 Å². The molecule has 1 aliphatic rings. The van der Waals surface area contributed by atoms with E-state index in [4.69, 9.17) is 16.3 Å². The molecule has 2 aromatic carbocycles. The lowest BCUT2D eigenvalue weighted by Gasteiger charge is -2.14. The van der Waals surface area contributed by atoms with Crippen LogP contribution in [-0.2, 0) is 17.8 Å². The normalized spacial score (nSPS) is 18.6. The van der Waals surface area contributed by atoms with E-state index in [2.05, 4.69) is 10.6 Å². The summed E-state index contributed by atoms with van der Waals surface area (Å²) in [6.07, 6.45) is -0.108. The number of benzene rings is 2. The second kappa shape index (κ2) is 10.5. The van der Waals surface area contributed by atoms with E-state index >= 15 is 0 Å². The number of carbonyl (C=O) groups excluding carboxylic acids is 1. The maximum Gasteiger partial charge on any atom is 0.224 e. The summed E-state index contributed by atoms with van der Waals surface area (Å²) >= 11 is 5.98. The van der Waals surface area contributed by atoms with Crippen LogP contribution >= 0.6 is 24.0 Å². The van der Waals surface area contributed by atoms with Crippen LogP contribution in [0.1, 0.15) is 11.1 Å². The van der Waals surface area contributed by atoms with Crippen molar-refractivity contribution in [2.75, 3.05) is 19.6 Å². The first-order valence-corrected chi connectivity index (χ1v) is 9.09. The molecule has 1 amide bonds. The number of carbonyl (C=O) groups is 1. The zero-order valence-electron chi connectivity index (χ0n) is 14.9. The van der Waals surface area contributed by atoms with Crippen molar-refractivity contribution in [3.63, 3.8) is 0 Å². The summed E-state index contributed by atoms with van der Waals surface area (Å²) in [6.45, 7) is 2.22. The van der Waals surface area contributed by atoms with Gasteiger partial charge in [-0.2, -0.15) is 0 Å². The Kier molecular flexibility index (Phi) is 8.38. The predicted molar refractivity (Wildman–Crippen MR) is 109 cm³/mol. The van der Waals surface area contributed by atoms with Crippen molar-refractivity contribution in [1.82, 2.24) is 10.6 Å². The van der Waals surface area contributed by atoms with Crippen molar-refractivity contribution < 1.29 is 14.6 Å². The molecule has 3 rings (SSSR count). The summed E-state index contributed by atoms with van der Waals surface area (Å²) in [5.41, 5.74) is 1.88. The molecular formula is C20H24Cl2N2O3. The fourth-order valence-corrected chi connectivity index (χ4v) is 3.17. The molecule has 0 aliphatic carbocycles. The Balaban J connectivity index is 0.00000261. The van der Waals surface area contributed by atoms with Crippen molar-refractivity contribution in [2.45, 2.75) is 19.1 Å². The summed E-state index contributed by atoms with van der Waals surface area (Å²) in [4.78, 5) is 12.1. The molecule has 27 heavy (non-hydrogen) atoms. The van der Waals surface area contributed by atoms with Crippen LogP contribution in [0, 0.1) is 5.92 Å². The van der Waals surface area contributed by atoms with Crippen LogP contribution in [0.3, 0.4) is 0 Å². The molecular weight excluding hydrogens is 387 g/mol. The maximum absolute atomic E-state index is 12.1. The molecule has 0 spiro atoms. The summed E-state index contributed by atoms with van der Waals surface area (Å²) in [7, 11) is 0. The summed E-state index contributed by atoms with van der Waals surface area (Å²) < 4.78 is 5.79. The molecule has 0 saturated carbocycles. The van der Waals surface area contributed by atoms with Crippen LogP contribution < -0.4 is 15.4 Å². The Bertz CT molecular complexity index is 758. The van der Waals surface area contributed by atoms with Gasteiger partial charge in [0.2, 0.25) is 5.91 Å². The smallest absolute Gasteiger partial charge is 0.224 e. The lowest BCUT2D eigenvalue weighted by molar-refractivity contribution is -0.120. The van der Waals surface area contributed by atoms with E-state index < -0.39 is 6.10 Å². The highest BCUT2D eigenvalue weighted by Crippen LogP contribution is 2.17. The number of aliphatic hydroxyl groups is 1. The first-order chi connectivity index (χ1) is 12.6. The molecule has 1 aliphatic heterocycles. The largest absolute Gasteiger partial charge is 0.489 e. The van der Waals surface area contributed by atoms with Gasteiger partial charge in [0.1, 0.15) is 12.4 Å². The molecule has 0 aromatic heterocycles. The van der Waals surface area contributed by atoms with Crippen LogP contribution in [-0.4, -0.2) is 36.8 Å². The van der Waals surface area contributed by atoms with Gasteiger partial charge in [-0.05, 0) is 35.4 Å². The van der Waals surface area contributed by atoms with E-state index in [-0.39, 0.29) is 30.7 Å². The second-order valence-electron chi connectivity index (χ2n) is 6.53. The molecule has 2 atom stereocenters. The number of nitrogens with one attached hydrogen (secondary N) is 2. The minimum absolute atomic E-state index is 0. The molecule has 1 saturated heterocycles. The average molecular weight is 411 g/mol. The highest BCUT2D eigenvalue weighted by atomic mass is 35.5. The van der Waals surface area contributed by atoms with Gasteiger partial charge in [-0.1, -0.05) is 35.9 Å². The molecule has 7 heteroatoms. The van der Waals surface area contributed by atoms with E-state index in [1.165, 1.54) is 0 Å². The van der Waals surface area contributed by atoms with Crippen molar-refractivity contribution >= 4 is 29.9 Å². The van der Waals surface area contributed by atoms with Crippen LogP contribution in [0.4, 0.5) is 0 Å². The first kappa shape index (κ1) is 21.5. The molecule has 5 nitrogen and oxygen atoms in total. The van der Waals surface area contributed by atoms with E-state index in [9.17, 15) is 9.90 Å². The molecule has 0 radical (unpaired) electrons. The topological polar surface area (TPSA) is 70.6 Å². The lowest BCUT2D eigenvalue weighted by Crippen LogP contribution is -2.35. The molecule has 146 valence electrons. The third-order valence-corrected chi connectivity index (χ3v) is 4.66.